The van der Waals surface area contributed by atoms with Crippen LogP contribution in [-0.2, 0) is 4.79 Å². The molecule has 0 aromatic heterocycles. The normalized spacial score (nSPS) is 18.0. The molecular weight excluding hydrogens is 256 g/mol. The number of nitrogens with one attached hydrogen (secondary N) is 1. The highest BCUT2D eigenvalue weighted by Gasteiger charge is 2.36. The number of fused-ring (bicyclic) bond motifs is 1. The monoisotopic (exact) mass is 272 g/mol. The van der Waals surface area contributed by atoms with Crippen LogP contribution in [0.4, 0.5) is 10.5 Å². The van der Waals surface area contributed by atoms with E-state index in [1.165, 1.54) is 4.90 Å². The topological polar surface area (TPSA) is 69.6 Å². The molecule has 20 heavy (non-hydrogen) atoms. The number of hydrogen-bond donors (Lipinski definition) is 2. The number of anilines is 1. The van der Waals surface area contributed by atoms with Crippen molar-refractivity contribution in [2.45, 2.75) is 25.3 Å². The summed E-state index contributed by atoms with van der Waals surface area (Å²) < 4.78 is 0. The standard InChI is InChI=1S/C15H16N2O3/c1-3-6-10(2)16-15(20)17-9-12(14(18)19)11-7-4-5-8-13(11)17/h1,4-5,7-8,10,12H,6,9H2,2H3,(H,16,20)(H,18,19). The number of amides is 2. The molecule has 0 bridgehead atoms. The van der Waals surface area contributed by atoms with Crippen molar-refractivity contribution in [3.63, 3.8) is 0 Å². The van der Waals surface area contributed by atoms with Gasteiger partial charge in [0.15, 0.2) is 0 Å². The molecule has 1 heterocycles. The highest BCUT2D eigenvalue weighted by molar-refractivity contribution is 5.98. The van der Waals surface area contributed by atoms with E-state index >= 15 is 0 Å². The van der Waals surface area contributed by atoms with Crippen LogP contribution >= 0.6 is 0 Å². The first-order valence-electron chi connectivity index (χ1n) is 6.37. The van der Waals surface area contributed by atoms with Crippen molar-refractivity contribution in [3.05, 3.63) is 29.8 Å². The van der Waals surface area contributed by atoms with Gasteiger partial charge in [-0.3, -0.25) is 9.69 Å². The molecule has 104 valence electrons. The number of carbonyl (C=O) groups is 2. The average molecular weight is 272 g/mol. The van der Waals surface area contributed by atoms with Gasteiger partial charge in [0.25, 0.3) is 0 Å². The third kappa shape index (κ3) is 2.59. The fourth-order valence-electron chi connectivity index (χ4n) is 2.33. The van der Waals surface area contributed by atoms with Crippen LogP contribution in [0.25, 0.3) is 0 Å². The smallest absolute Gasteiger partial charge is 0.322 e. The van der Waals surface area contributed by atoms with Crippen molar-refractivity contribution in [3.8, 4) is 12.3 Å². The van der Waals surface area contributed by atoms with Crippen LogP contribution in [0.15, 0.2) is 24.3 Å². The van der Waals surface area contributed by atoms with Crippen molar-refractivity contribution < 1.29 is 14.7 Å². The lowest BCUT2D eigenvalue weighted by molar-refractivity contribution is -0.138. The largest absolute Gasteiger partial charge is 0.481 e. The van der Waals surface area contributed by atoms with Gasteiger partial charge in [0.2, 0.25) is 0 Å². The number of hydrogen-bond acceptors (Lipinski definition) is 2. The summed E-state index contributed by atoms with van der Waals surface area (Å²) in [7, 11) is 0. The van der Waals surface area contributed by atoms with Crippen LogP contribution in [-0.4, -0.2) is 29.7 Å². The first-order chi connectivity index (χ1) is 9.54. The molecule has 2 atom stereocenters. The molecule has 1 aromatic rings. The second-order valence-corrected chi connectivity index (χ2v) is 4.82. The summed E-state index contributed by atoms with van der Waals surface area (Å²) in [5, 5.41) is 12.0. The van der Waals surface area contributed by atoms with Gasteiger partial charge < -0.3 is 10.4 Å². The van der Waals surface area contributed by atoms with Gasteiger partial charge in [0, 0.05) is 24.7 Å². The summed E-state index contributed by atoms with van der Waals surface area (Å²) in [6.45, 7) is 1.96. The van der Waals surface area contributed by atoms with Gasteiger partial charge in [-0.05, 0) is 18.6 Å². The maximum Gasteiger partial charge on any atom is 0.322 e. The molecule has 0 aliphatic carbocycles. The minimum Gasteiger partial charge on any atom is -0.481 e. The van der Waals surface area contributed by atoms with Crippen molar-refractivity contribution in [1.29, 1.82) is 0 Å². The molecule has 2 amide bonds. The minimum absolute atomic E-state index is 0.142. The van der Waals surface area contributed by atoms with Gasteiger partial charge >= 0.3 is 12.0 Å². The molecule has 5 heteroatoms. The van der Waals surface area contributed by atoms with Crippen molar-refractivity contribution in [1.82, 2.24) is 5.32 Å². The van der Waals surface area contributed by atoms with Crippen molar-refractivity contribution in [2.75, 3.05) is 11.4 Å². The second kappa shape index (κ2) is 5.66. The summed E-state index contributed by atoms with van der Waals surface area (Å²) in [4.78, 5) is 24.9. The van der Waals surface area contributed by atoms with Crippen LogP contribution < -0.4 is 10.2 Å². The number of nitrogens with zero attached hydrogens (tertiary/aromatic N) is 1. The minimum atomic E-state index is -0.926. The Hall–Kier alpha value is -2.48. The Morgan fingerprint density at radius 2 is 2.25 bits per heavy atom. The predicted octanol–water partition coefficient (Wildman–Crippen LogP) is 1.80. The molecule has 0 spiro atoms. The molecule has 0 saturated heterocycles. The number of carbonyl (C=O) groups excluding carboxylic acids is 1. The number of carboxylic acid groups (broad SMARTS) is 1. The highest BCUT2D eigenvalue weighted by atomic mass is 16.4. The first-order valence-corrected chi connectivity index (χ1v) is 6.37. The molecule has 2 rings (SSSR count). The lowest BCUT2D eigenvalue weighted by Crippen LogP contribution is -2.43. The SMILES string of the molecule is C#CCC(C)NC(=O)N1CC(C(=O)O)c2ccccc21. The molecule has 5 nitrogen and oxygen atoms in total. The zero-order chi connectivity index (χ0) is 14.7. The van der Waals surface area contributed by atoms with E-state index in [1.807, 2.05) is 6.92 Å². The third-order valence-corrected chi connectivity index (χ3v) is 3.31. The van der Waals surface area contributed by atoms with Gasteiger partial charge in [-0.1, -0.05) is 18.2 Å². The number of rotatable bonds is 3. The Morgan fingerprint density at radius 3 is 2.90 bits per heavy atom. The summed E-state index contributed by atoms with van der Waals surface area (Å²) in [5.74, 6) is 0.875. The van der Waals surface area contributed by atoms with Gasteiger partial charge in [-0.25, -0.2) is 4.79 Å². The quantitative estimate of drug-likeness (QED) is 0.824. The van der Waals surface area contributed by atoms with Gasteiger partial charge in [0.1, 0.15) is 5.92 Å². The second-order valence-electron chi connectivity index (χ2n) is 4.82. The van der Waals surface area contributed by atoms with Crippen LogP contribution in [0, 0.1) is 12.3 Å². The van der Waals surface area contributed by atoms with Crippen LogP contribution in [0.2, 0.25) is 0 Å². The molecule has 0 fully saturated rings. The zero-order valence-electron chi connectivity index (χ0n) is 11.2. The third-order valence-electron chi connectivity index (χ3n) is 3.31. The molecular formula is C15H16N2O3. The van der Waals surface area contributed by atoms with E-state index < -0.39 is 11.9 Å². The Balaban J connectivity index is 2.20. The Kier molecular flexibility index (Phi) is 3.94. The van der Waals surface area contributed by atoms with E-state index in [1.54, 1.807) is 24.3 Å². The van der Waals surface area contributed by atoms with E-state index in [0.29, 0.717) is 17.7 Å². The molecule has 1 aliphatic heterocycles. The summed E-state index contributed by atoms with van der Waals surface area (Å²) in [6, 6.07) is 6.59. The van der Waals surface area contributed by atoms with Crippen LogP contribution in [0.3, 0.4) is 0 Å². The summed E-state index contributed by atoms with van der Waals surface area (Å²) >= 11 is 0. The molecule has 0 radical (unpaired) electrons. The summed E-state index contributed by atoms with van der Waals surface area (Å²) in [5.41, 5.74) is 1.31. The first kappa shape index (κ1) is 13.9. The van der Waals surface area contributed by atoms with E-state index in [2.05, 4.69) is 11.2 Å². The lowest BCUT2D eigenvalue weighted by atomic mass is 10.0. The fraction of sp³-hybridized carbons (Fsp3) is 0.333. The Morgan fingerprint density at radius 1 is 1.55 bits per heavy atom. The van der Waals surface area contributed by atoms with E-state index in [-0.39, 0.29) is 18.6 Å². The predicted molar refractivity (Wildman–Crippen MR) is 75.6 cm³/mol. The molecule has 2 unspecified atom stereocenters. The number of aliphatic carboxylic acids is 1. The Bertz CT molecular complexity index is 577. The van der Waals surface area contributed by atoms with Gasteiger partial charge in [-0.2, -0.15) is 0 Å². The lowest BCUT2D eigenvalue weighted by Gasteiger charge is -2.20. The number of carboxylic acids is 1. The number of para-hydroxylation sites is 1. The van der Waals surface area contributed by atoms with E-state index in [4.69, 9.17) is 6.42 Å². The Labute approximate surface area is 117 Å². The van der Waals surface area contributed by atoms with Crippen molar-refractivity contribution >= 4 is 17.7 Å². The maximum absolute atomic E-state index is 12.2. The highest BCUT2D eigenvalue weighted by Crippen LogP contribution is 2.36. The maximum atomic E-state index is 12.2. The fourth-order valence-corrected chi connectivity index (χ4v) is 2.33. The van der Waals surface area contributed by atoms with Crippen LogP contribution in [0.1, 0.15) is 24.8 Å². The summed E-state index contributed by atoms with van der Waals surface area (Å²) in [6.07, 6.45) is 5.64. The van der Waals surface area contributed by atoms with Gasteiger partial charge in [-0.15, -0.1) is 12.3 Å². The number of benzene rings is 1. The van der Waals surface area contributed by atoms with Gasteiger partial charge in [0.05, 0.1) is 0 Å². The van der Waals surface area contributed by atoms with E-state index in [0.717, 1.165) is 0 Å². The molecule has 0 saturated carbocycles. The number of urea groups is 1. The van der Waals surface area contributed by atoms with E-state index in [9.17, 15) is 14.7 Å². The molecule has 1 aromatic carbocycles. The zero-order valence-corrected chi connectivity index (χ0v) is 11.2. The van der Waals surface area contributed by atoms with Crippen LogP contribution in [0.5, 0.6) is 0 Å². The molecule has 2 N–H and O–H groups in total. The van der Waals surface area contributed by atoms with Crippen molar-refractivity contribution in [2.24, 2.45) is 0 Å². The molecule has 1 aliphatic rings. The average Bonchev–Trinajstić information content (AvgIpc) is 2.78. The number of terminal acetylenes is 1.